The second kappa shape index (κ2) is 10.7. The highest BCUT2D eigenvalue weighted by molar-refractivity contribution is 7.87. The normalized spacial score (nSPS) is 19.8. The summed E-state index contributed by atoms with van der Waals surface area (Å²) in [4.78, 5) is 4.93. The zero-order valence-corrected chi connectivity index (χ0v) is 18.7. The number of rotatable bonds is 9. The van der Waals surface area contributed by atoms with Gasteiger partial charge in [0.05, 0.1) is 0 Å². The minimum Gasteiger partial charge on any atom is -0.381 e. The van der Waals surface area contributed by atoms with Gasteiger partial charge >= 0.3 is 0 Å². The van der Waals surface area contributed by atoms with Gasteiger partial charge in [0.15, 0.2) is 0 Å². The van der Waals surface area contributed by atoms with Crippen LogP contribution < -0.4 is 9.62 Å². The van der Waals surface area contributed by atoms with E-state index in [9.17, 15) is 8.42 Å². The highest BCUT2D eigenvalue weighted by Crippen LogP contribution is 2.18. The number of nitrogens with zero attached hydrogens (tertiary/aromatic N) is 3. The first kappa shape index (κ1) is 22.5. The van der Waals surface area contributed by atoms with E-state index in [4.69, 9.17) is 4.74 Å². The minimum absolute atomic E-state index is 0.0472. The molecule has 3 rings (SSSR count). The number of benzene rings is 1. The van der Waals surface area contributed by atoms with Crippen LogP contribution in [0.4, 0.5) is 5.69 Å². The van der Waals surface area contributed by atoms with Crippen molar-refractivity contribution >= 4 is 15.9 Å². The maximum atomic E-state index is 12.4. The van der Waals surface area contributed by atoms with Crippen molar-refractivity contribution in [3.8, 4) is 0 Å². The molecule has 0 aliphatic carbocycles. The van der Waals surface area contributed by atoms with Crippen molar-refractivity contribution in [2.24, 2.45) is 0 Å². The minimum atomic E-state index is -3.40. The topological polar surface area (TPSA) is 65.1 Å². The SMILES string of the molecule is Cc1cccc(N2CCN(CCCCNS(=O)(=O)N(C)C3CCOCC3)CC2)c1. The highest BCUT2D eigenvalue weighted by atomic mass is 32.2. The van der Waals surface area contributed by atoms with Crippen LogP contribution in [-0.2, 0) is 14.9 Å². The van der Waals surface area contributed by atoms with Gasteiger partial charge in [0.25, 0.3) is 10.2 Å². The standard InChI is InChI=1S/C21H36N4O3S/c1-19-6-5-7-21(18-19)25-14-12-24(13-15-25)11-4-3-10-22-29(26,27)23(2)20-8-16-28-17-9-20/h5-7,18,20,22H,3-4,8-17H2,1-2H3. The van der Waals surface area contributed by atoms with E-state index < -0.39 is 10.2 Å². The molecule has 0 amide bonds. The number of hydrogen-bond donors (Lipinski definition) is 1. The summed E-state index contributed by atoms with van der Waals surface area (Å²) in [7, 11) is -1.73. The van der Waals surface area contributed by atoms with E-state index >= 15 is 0 Å². The molecule has 1 aromatic rings. The van der Waals surface area contributed by atoms with Gasteiger partial charge in [-0.05, 0) is 56.8 Å². The quantitative estimate of drug-likeness (QED) is 0.613. The molecule has 2 fully saturated rings. The van der Waals surface area contributed by atoms with Gasteiger partial charge in [-0.15, -0.1) is 0 Å². The largest absolute Gasteiger partial charge is 0.381 e. The molecule has 0 aromatic heterocycles. The average molecular weight is 425 g/mol. The number of aryl methyl sites for hydroxylation is 1. The van der Waals surface area contributed by atoms with Crippen LogP contribution in [0, 0.1) is 6.92 Å². The van der Waals surface area contributed by atoms with Crippen molar-refractivity contribution in [2.75, 3.05) is 64.4 Å². The number of ether oxygens (including phenoxy) is 1. The van der Waals surface area contributed by atoms with Crippen molar-refractivity contribution in [3.05, 3.63) is 29.8 Å². The van der Waals surface area contributed by atoms with Crippen LogP contribution in [0.3, 0.4) is 0 Å². The third-order valence-electron chi connectivity index (χ3n) is 6.01. The molecule has 1 N–H and O–H groups in total. The van der Waals surface area contributed by atoms with Crippen LogP contribution in [0.5, 0.6) is 0 Å². The Labute approximate surface area is 176 Å². The zero-order valence-electron chi connectivity index (χ0n) is 17.8. The Morgan fingerprint density at radius 3 is 2.55 bits per heavy atom. The van der Waals surface area contributed by atoms with Crippen molar-refractivity contribution < 1.29 is 13.2 Å². The smallest absolute Gasteiger partial charge is 0.279 e. The Morgan fingerprint density at radius 1 is 1.14 bits per heavy atom. The van der Waals surface area contributed by atoms with E-state index in [1.165, 1.54) is 15.6 Å². The van der Waals surface area contributed by atoms with Crippen LogP contribution >= 0.6 is 0 Å². The van der Waals surface area contributed by atoms with Crippen LogP contribution in [-0.4, -0.2) is 83.2 Å². The van der Waals surface area contributed by atoms with E-state index in [0.29, 0.717) is 19.8 Å². The summed E-state index contributed by atoms with van der Waals surface area (Å²) in [6.07, 6.45) is 3.41. The molecule has 0 spiro atoms. The van der Waals surface area contributed by atoms with E-state index in [-0.39, 0.29) is 6.04 Å². The Hall–Kier alpha value is -1.19. The summed E-state index contributed by atoms with van der Waals surface area (Å²) in [5.74, 6) is 0. The van der Waals surface area contributed by atoms with Gasteiger partial charge in [0.2, 0.25) is 0 Å². The predicted octanol–water partition coefficient (Wildman–Crippen LogP) is 1.84. The second-order valence-electron chi connectivity index (χ2n) is 8.13. The van der Waals surface area contributed by atoms with Gasteiger partial charge in [-0.1, -0.05) is 12.1 Å². The fourth-order valence-electron chi connectivity index (χ4n) is 4.06. The molecule has 0 radical (unpaired) electrons. The summed E-state index contributed by atoms with van der Waals surface area (Å²) in [5, 5.41) is 0. The summed E-state index contributed by atoms with van der Waals surface area (Å²) in [5.41, 5.74) is 2.61. The summed E-state index contributed by atoms with van der Waals surface area (Å²) in [6, 6.07) is 8.74. The van der Waals surface area contributed by atoms with Crippen LogP contribution in [0.25, 0.3) is 0 Å². The van der Waals surface area contributed by atoms with Gasteiger partial charge in [-0.25, -0.2) is 4.72 Å². The predicted molar refractivity (Wildman–Crippen MR) is 118 cm³/mol. The molecule has 29 heavy (non-hydrogen) atoms. The molecule has 0 atom stereocenters. The molecule has 0 saturated carbocycles. The van der Waals surface area contributed by atoms with Crippen molar-refractivity contribution in [1.29, 1.82) is 0 Å². The number of unbranched alkanes of at least 4 members (excludes halogenated alkanes) is 1. The van der Waals surface area contributed by atoms with Crippen molar-refractivity contribution in [2.45, 2.75) is 38.6 Å². The third kappa shape index (κ3) is 6.65. The molecule has 2 aliphatic heterocycles. The lowest BCUT2D eigenvalue weighted by molar-refractivity contribution is 0.0629. The average Bonchev–Trinajstić information content (AvgIpc) is 2.74. The van der Waals surface area contributed by atoms with E-state index in [2.05, 4.69) is 45.7 Å². The van der Waals surface area contributed by atoms with Gasteiger partial charge in [-0.3, -0.25) is 4.90 Å². The van der Waals surface area contributed by atoms with Crippen molar-refractivity contribution in [3.63, 3.8) is 0 Å². The number of piperazine rings is 1. The fraction of sp³-hybridized carbons (Fsp3) is 0.714. The highest BCUT2D eigenvalue weighted by Gasteiger charge is 2.27. The zero-order chi connectivity index (χ0) is 20.7. The summed E-state index contributed by atoms with van der Waals surface area (Å²) < 4.78 is 34.5. The van der Waals surface area contributed by atoms with E-state index in [1.54, 1.807) is 7.05 Å². The van der Waals surface area contributed by atoms with E-state index in [1.807, 2.05) is 0 Å². The van der Waals surface area contributed by atoms with Crippen molar-refractivity contribution in [1.82, 2.24) is 13.9 Å². The number of nitrogens with one attached hydrogen (secondary N) is 1. The first-order valence-corrected chi connectivity index (χ1v) is 12.2. The molecule has 0 unspecified atom stereocenters. The maximum absolute atomic E-state index is 12.4. The molecule has 0 bridgehead atoms. The molecule has 8 heteroatoms. The molecule has 2 aliphatic rings. The Bertz CT molecular complexity index is 729. The summed E-state index contributed by atoms with van der Waals surface area (Å²) >= 11 is 0. The van der Waals surface area contributed by atoms with Crippen LogP contribution in [0.15, 0.2) is 24.3 Å². The van der Waals surface area contributed by atoms with Crippen LogP contribution in [0.1, 0.15) is 31.2 Å². The maximum Gasteiger partial charge on any atom is 0.279 e. The molecular formula is C21H36N4O3S. The molecule has 164 valence electrons. The summed E-state index contributed by atoms with van der Waals surface area (Å²) in [6.45, 7) is 9.16. The molecule has 2 heterocycles. The first-order chi connectivity index (χ1) is 14.0. The third-order valence-corrected chi connectivity index (χ3v) is 7.63. The van der Waals surface area contributed by atoms with E-state index in [0.717, 1.165) is 58.4 Å². The van der Waals surface area contributed by atoms with Gasteiger partial charge in [0, 0.05) is 64.7 Å². The van der Waals surface area contributed by atoms with Gasteiger partial charge in [0.1, 0.15) is 0 Å². The number of anilines is 1. The number of hydrogen-bond acceptors (Lipinski definition) is 5. The van der Waals surface area contributed by atoms with Crippen LogP contribution in [0.2, 0.25) is 0 Å². The molecular weight excluding hydrogens is 388 g/mol. The first-order valence-electron chi connectivity index (χ1n) is 10.8. The fourth-order valence-corrected chi connectivity index (χ4v) is 5.27. The Kier molecular flexibility index (Phi) is 8.32. The molecule has 2 saturated heterocycles. The Balaban J connectivity index is 1.31. The lowest BCUT2D eigenvalue weighted by Crippen LogP contribution is -2.47. The van der Waals surface area contributed by atoms with Gasteiger partial charge < -0.3 is 9.64 Å². The lowest BCUT2D eigenvalue weighted by Gasteiger charge is -2.36. The van der Waals surface area contributed by atoms with Gasteiger partial charge in [-0.2, -0.15) is 12.7 Å². The molecule has 1 aromatic carbocycles. The second-order valence-corrected chi connectivity index (χ2v) is 9.95. The monoisotopic (exact) mass is 424 g/mol. The Morgan fingerprint density at radius 2 is 1.86 bits per heavy atom. The lowest BCUT2D eigenvalue weighted by atomic mass is 10.1. The molecule has 7 nitrogen and oxygen atoms in total.